The van der Waals surface area contributed by atoms with E-state index in [2.05, 4.69) is 10.4 Å². The molecule has 3 aromatic rings. The zero-order valence-electron chi connectivity index (χ0n) is 16.1. The van der Waals surface area contributed by atoms with Gasteiger partial charge in [-0.25, -0.2) is 4.68 Å². The van der Waals surface area contributed by atoms with E-state index in [0.717, 1.165) is 0 Å². The summed E-state index contributed by atoms with van der Waals surface area (Å²) in [6, 6.07) is 12.4. The summed E-state index contributed by atoms with van der Waals surface area (Å²) in [5.74, 6) is -0.173. The summed E-state index contributed by atoms with van der Waals surface area (Å²) in [5, 5.41) is 37.9. The molecule has 10 nitrogen and oxygen atoms in total. The van der Waals surface area contributed by atoms with Crippen molar-refractivity contribution >= 4 is 23.2 Å². The van der Waals surface area contributed by atoms with Gasteiger partial charge in [0, 0.05) is 18.3 Å². The highest BCUT2D eigenvalue weighted by molar-refractivity contribution is 6.32. The van der Waals surface area contributed by atoms with Crippen molar-refractivity contribution in [3.8, 4) is 5.75 Å². The van der Waals surface area contributed by atoms with E-state index in [1.165, 1.54) is 41.2 Å². The highest BCUT2D eigenvalue weighted by atomic mass is 35.5. The van der Waals surface area contributed by atoms with Crippen LogP contribution in [-0.4, -0.2) is 43.5 Å². The smallest absolute Gasteiger partial charge is 0.270 e. The Morgan fingerprint density at radius 1 is 1.23 bits per heavy atom. The molecule has 0 saturated heterocycles. The van der Waals surface area contributed by atoms with E-state index in [1.54, 1.807) is 24.3 Å². The van der Waals surface area contributed by atoms with Gasteiger partial charge < -0.3 is 20.3 Å². The average molecular weight is 447 g/mol. The molecule has 0 bridgehead atoms. The number of carbonyl (C=O) groups is 1. The number of nitro groups is 1. The number of hydrogen-bond donors (Lipinski definition) is 3. The minimum atomic E-state index is -1.29. The number of para-hydroxylation sites is 1. The van der Waals surface area contributed by atoms with Crippen molar-refractivity contribution in [2.75, 3.05) is 6.61 Å². The molecule has 31 heavy (non-hydrogen) atoms. The van der Waals surface area contributed by atoms with Gasteiger partial charge in [0.15, 0.2) is 6.73 Å². The van der Waals surface area contributed by atoms with Crippen LogP contribution in [0.4, 0.5) is 5.69 Å². The molecule has 0 aliphatic rings. The second-order valence-electron chi connectivity index (χ2n) is 6.48. The predicted octanol–water partition coefficient (Wildman–Crippen LogP) is 2.31. The number of nitro benzene ring substituents is 1. The quantitative estimate of drug-likeness (QED) is 0.338. The van der Waals surface area contributed by atoms with E-state index < -0.39 is 29.6 Å². The van der Waals surface area contributed by atoms with E-state index in [1.807, 2.05) is 0 Å². The van der Waals surface area contributed by atoms with E-state index in [-0.39, 0.29) is 18.1 Å². The molecular formula is C20H19ClN4O6. The molecule has 0 aliphatic heterocycles. The van der Waals surface area contributed by atoms with Crippen molar-refractivity contribution in [1.29, 1.82) is 0 Å². The van der Waals surface area contributed by atoms with E-state index in [4.69, 9.17) is 16.3 Å². The lowest BCUT2D eigenvalue weighted by molar-refractivity contribution is -0.384. The van der Waals surface area contributed by atoms with E-state index in [9.17, 15) is 25.1 Å². The van der Waals surface area contributed by atoms with Crippen molar-refractivity contribution < 1.29 is 24.7 Å². The summed E-state index contributed by atoms with van der Waals surface area (Å²) >= 11 is 6.05. The number of aromatic nitrogens is 2. The van der Waals surface area contributed by atoms with Crippen LogP contribution in [0.2, 0.25) is 5.02 Å². The van der Waals surface area contributed by atoms with Gasteiger partial charge in [0.1, 0.15) is 17.5 Å². The standard InChI is InChI=1S/C20H19ClN4O6/c21-15-3-1-2-4-18(15)31-12-24-17(9-10-22-24)20(28)23-16(11-26)19(27)13-5-7-14(8-6-13)25(29)30/h1-10,16,19,26-27H,11-12H2,(H,23,28). The number of carbonyl (C=O) groups excluding carboxylic acids is 1. The number of nitrogens with zero attached hydrogens (tertiary/aromatic N) is 3. The van der Waals surface area contributed by atoms with Gasteiger partial charge in [-0.15, -0.1) is 0 Å². The Hall–Kier alpha value is -3.47. The normalized spacial score (nSPS) is 12.7. The fourth-order valence-corrected chi connectivity index (χ4v) is 3.00. The van der Waals surface area contributed by atoms with Crippen LogP contribution in [0.1, 0.15) is 22.2 Å². The number of halogens is 1. The van der Waals surface area contributed by atoms with Gasteiger partial charge in [0.25, 0.3) is 11.6 Å². The summed E-state index contributed by atoms with van der Waals surface area (Å²) in [5.41, 5.74) is 0.310. The molecule has 3 rings (SSSR count). The Bertz CT molecular complexity index is 1060. The molecule has 162 valence electrons. The molecule has 0 fully saturated rings. The van der Waals surface area contributed by atoms with Gasteiger partial charge in [-0.1, -0.05) is 23.7 Å². The number of non-ortho nitro benzene ring substituents is 1. The second-order valence-corrected chi connectivity index (χ2v) is 6.88. The number of amides is 1. The summed E-state index contributed by atoms with van der Waals surface area (Å²) < 4.78 is 6.88. The molecule has 2 unspecified atom stereocenters. The maximum absolute atomic E-state index is 12.7. The number of aliphatic hydroxyl groups is 2. The van der Waals surface area contributed by atoms with Crippen LogP contribution in [0.5, 0.6) is 5.75 Å². The van der Waals surface area contributed by atoms with Crippen LogP contribution in [0.25, 0.3) is 0 Å². The minimum absolute atomic E-state index is 0.0891. The summed E-state index contributed by atoms with van der Waals surface area (Å²) in [6.07, 6.45) is 0.122. The topological polar surface area (TPSA) is 140 Å². The van der Waals surface area contributed by atoms with Crippen molar-refractivity contribution in [2.45, 2.75) is 18.9 Å². The number of nitrogens with one attached hydrogen (secondary N) is 1. The zero-order valence-corrected chi connectivity index (χ0v) is 16.8. The molecule has 1 aromatic heterocycles. The van der Waals surface area contributed by atoms with Crippen LogP contribution in [0.3, 0.4) is 0 Å². The Morgan fingerprint density at radius 2 is 1.94 bits per heavy atom. The first-order valence-corrected chi connectivity index (χ1v) is 9.51. The predicted molar refractivity (Wildman–Crippen MR) is 111 cm³/mol. The van der Waals surface area contributed by atoms with Crippen LogP contribution in [0.15, 0.2) is 60.8 Å². The summed E-state index contributed by atoms with van der Waals surface area (Å²) in [4.78, 5) is 22.9. The van der Waals surface area contributed by atoms with Crippen LogP contribution < -0.4 is 10.1 Å². The number of hydrogen-bond acceptors (Lipinski definition) is 7. The molecule has 3 N–H and O–H groups in total. The lowest BCUT2D eigenvalue weighted by Gasteiger charge is -2.22. The molecule has 0 spiro atoms. The van der Waals surface area contributed by atoms with E-state index in [0.29, 0.717) is 16.3 Å². The van der Waals surface area contributed by atoms with Gasteiger partial charge in [0.05, 0.1) is 22.6 Å². The molecule has 1 heterocycles. The SMILES string of the molecule is O=C(NC(CO)C(O)c1ccc([N+](=O)[O-])cc1)c1ccnn1COc1ccccc1Cl. The van der Waals surface area contributed by atoms with Crippen molar-refractivity contribution in [3.05, 3.63) is 87.2 Å². The molecule has 0 saturated carbocycles. The Labute approximate surface area is 181 Å². The lowest BCUT2D eigenvalue weighted by atomic mass is 10.0. The molecule has 2 atom stereocenters. The van der Waals surface area contributed by atoms with Crippen molar-refractivity contribution in [2.24, 2.45) is 0 Å². The fourth-order valence-electron chi connectivity index (χ4n) is 2.81. The highest BCUT2D eigenvalue weighted by Crippen LogP contribution is 2.24. The van der Waals surface area contributed by atoms with Crippen LogP contribution in [-0.2, 0) is 6.73 Å². The largest absolute Gasteiger partial charge is 0.470 e. The van der Waals surface area contributed by atoms with E-state index >= 15 is 0 Å². The number of benzene rings is 2. The van der Waals surface area contributed by atoms with Crippen molar-refractivity contribution in [3.63, 3.8) is 0 Å². The van der Waals surface area contributed by atoms with Crippen LogP contribution >= 0.6 is 11.6 Å². The Kier molecular flexibility index (Phi) is 7.19. The van der Waals surface area contributed by atoms with Gasteiger partial charge in [-0.3, -0.25) is 14.9 Å². The first-order valence-electron chi connectivity index (χ1n) is 9.14. The zero-order chi connectivity index (χ0) is 22.4. The third-order valence-corrected chi connectivity index (χ3v) is 4.78. The number of aliphatic hydroxyl groups excluding tert-OH is 2. The Balaban J connectivity index is 1.67. The van der Waals surface area contributed by atoms with Gasteiger partial charge in [0.2, 0.25) is 0 Å². The average Bonchev–Trinajstić information content (AvgIpc) is 3.25. The third kappa shape index (κ3) is 5.37. The highest BCUT2D eigenvalue weighted by Gasteiger charge is 2.25. The maximum Gasteiger partial charge on any atom is 0.270 e. The third-order valence-electron chi connectivity index (χ3n) is 4.47. The lowest BCUT2D eigenvalue weighted by Crippen LogP contribution is -2.42. The van der Waals surface area contributed by atoms with Gasteiger partial charge in [-0.05, 0) is 35.9 Å². The first kappa shape index (κ1) is 22.2. The molecule has 0 radical (unpaired) electrons. The van der Waals surface area contributed by atoms with Gasteiger partial charge in [-0.2, -0.15) is 5.10 Å². The van der Waals surface area contributed by atoms with Crippen molar-refractivity contribution in [1.82, 2.24) is 15.1 Å². The second kappa shape index (κ2) is 10.0. The number of rotatable bonds is 9. The Morgan fingerprint density at radius 3 is 2.58 bits per heavy atom. The van der Waals surface area contributed by atoms with Gasteiger partial charge >= 0.3 is 0 Å². The monoisotopic (exact) mass is 446 g/mol. The number of ether oxygens (including phenoxy) is 1. The summed E-state index contributed by atoms with van der Waals surface area (Å²) in [7, 11) is 0. The molecule has 11 heteroatoms. The maximum atomic E-state index is 12.7. The van der Waals surface area contributed by atoms with Crippen LogP contribution in [0, 0.1) is 10.1 Å². The minimum Gasteiger partial charge on any atom is -0.470 e. The molecule has 2 aromatic carbocycles. The first-order chi connectivity index (χ1) is 14.9. The molecule has 0 aliphatic carbocycles. The molecular weight excluding hydrogens is 428 g/mol. The fraction of sp³-hybridized carbons (Fsp3) is 0.200. The summed E-state index contributed by atoms with van der Waals surface area (Å²) in [6.45, 7) is -0.650. The molecule has 1 amide bonds.